The van der Waals surface area contributed by atoms with Crippen molar-refractivity contribution in [3.8, 4) is 0 Å². The van der Waals surface area contributed by atoms with Crippen LogP contribution in [0.25, 0.3) is 0 Å². The Balaban J connectivity index is 1.05. The Bertz CT molecular complexity index is 1960. The summed E-state index contributed by atoms with van der Waals surface area (Å²) in [5.41, 5.74) is -2.58. The molecule has 0 radical (unpaired) electrons. The van der Waals surface area contributed by atoms with Crippen LogP contribution in [0.5, 0.6) is 0 Å². The first kappa shape index (κ1) is 59.7. The summed E-state index contributed by atoms with van der Waals surface area (Å²) < 4.78 is 48.9. The van der Waals surface area contributed by atoms with E-state index in [2.05, 4.69) is 19.9 Å². The van der Waals surface area contributed by atoms with Crippen LogP contribution in [0.1, 0.15) is 113 Å². The average Bonchev–Trinajstić information content (AvgIpc) is 3.74. The third kappa shape index (κ3) is 10.5. The van der Waals surface area contributed by atoms with E-state index in [1.54, 1.807) is 0 Å². The molecule has 0 spiro atoms. The standard InChI is InChI=1S/C53H88O22/c1-24(2)9-8-15-53(67,23-69-46-41(65)39(63)36(60)29(19-54)71-46)27-12-16-50(6)26(27)10-11-32-51(50,7)17-13-31-49(4,5)33(14-18-52(31,32)22-56)73-48-44(75-47-42(66)38(62)34(58)25(3)70-47)43(37(61)30(20-55)72-48)74-45-40(64)35(59)28(57)21-68-45/h9,22,25-48,54-55,57-67H,8,10-21,23H2,1-7H3/t25-,26+,27-,28+,29+,30+,31-,32-,33-,34-,35-,36+,37+,38+,39-,40+,41+,42+,43-,44+,45-,46+,47-,48-,50+,51+,52+,53+/m0/s1. The second-order valence-electron chi connectivity index (χ2n) is 24.8. The zero-order chi connectivity index (χ0) is 54.9. The van der Waals surface area contributed by atoms with Crippen molar-refractivity contribution in [3.63, 3.8) is 0 Å². The molecule has 0 aromatic carbocycles. The molecular weight excluding hydrogens is 989 g/mol. The van der Waals surface area contributed by atoms with Crippen molar-refractivity contribution in [2.75, 3.05) is 26.4 Å². The van der Waals surface area contributed by atoms with E-state index in [1.807, 2.05) is 27.7 Å². The van der Waals surface area contributed by atoms with Crippen molar-refractivity contribution in [2.24, 2.45) is 45.3 Å². The number of ether oxygens (including phenoxy) is 8. The second kappa shape index (κ2) is 22.8. The lowest BCUT2D eigenvalue weighted by Crippen LogP contribution is -2.68. The predicted molar refractivity (Wildman–Crippen MR) is 259 cm³/mol. The van der Waals surface area contributed by atoms with Crippen LogP contribution < -0.4 is 0 Å². The van der Waals surface area contributed by atoms with Crippen LogP contribution >= 0.6 is 0 Å². The van der Waals surface area contributed by atoms with Crippen LogP contribution in [0.4, 0.5) is 0 Å². The molecule has 0 aromatic heterocycles. The maximum Gasteiger partial charge on any atom is 0.187 e. The van der Waals surface area contributed by atoms with E-state index in [0.717, 1.165) is 24.7 Å². The third-order valence-electron chi connectivity index (χ3n) is 20.3. The minimum atomic E-state index is -1.82. The van der Waals surface area contributed by atoms with Crippen molar-refractivity contribution >= 4 is 6.29 Å². The highest BCUT2D eigenvalue weighted by Crippen LogP contribution is 2.76. The molecule has 4 saturated carbocycles. The van der Waals surface area contributed by atoms with E-state index in [1.165, 1.54) is 6.92 Å². The molecule has 0 bridgehead atoms. The first-order valence-electron chi connectivity index (χ1n) is 27.3. The van der Waals surface area contributed by atoms with Crippen LogP contribution in [0.2, 0.25) is 0 Å². The van der Waals surface area contributed by atoms with Gasteiger partial charge in [-0.15, -0.1) is 0 Å². The van der Waals surface area contributed by atoms with Gasteiger partial charge in [0.25, 0.3) is 0 Å². The van der Waals surface area contributed by atoms with Gasteiger partial charge >= 0.3 is 0 Å². The Morgan fingerprint density at radius 1 is 0.627 bits per heavy atom. The number of carbonyl (C=O) groups excluding carboxylic acids is 1. The summed E-state index contributed by atoms with van der Waals surface area (Å²) in [5, 5.41) is 141. The van der Waals surface area contributed by atoms with Gasteiger partial charge in [-0.25, -0.2) is 0 Å². The first-order valence-corrected chi connectivity index (χ1v) is 27.3. The lowest BCUT2D eigenvalue weighted by atomic mass is 9.35. The Morgan fingerprint density at radius 3 is 1.91 bits per heavy atom. The van der Waals surface area contributed by atoms with E-state index in [9.17, 15) is 71.2 Å². The Labute approximate surface area is 438 Å². The molecule has 28 atom stereocenters. The first-order chi connectivity index (χ1) is 35.2. The largest absolute Gasteiger partial charge is 0.394 e. The van der Waals surface area contributed by atoms with Gasteiger partial charge in [0.05, 0.1) is 44.2 Å². The summed E-state index contributed by atoms with van der Waals surface area (Å²) in [6.45, 7) is 12.1. The van der Waals surface area contributed by atoms with Crippen LogP contribution in [-0.2, 0) is 42.7 Å². The average molecular weight is 1080 g/mol. The Kier molecular flexibility index (Phi) is 18.2. The van der Waals surface area contributed by atoms with Crippen LogP contribution in [-0.4, -0.2) is 228 Å². The monoisotopic (exact) mass is 1080 g/mol. The highest BCUT2D eigenvalue weighted by molar-refractivity contribution is 5.62. The highest BCUT2D eigenvalue weighted by atomic mass is 16.8. The van der Waals surface area contributed by atoms with Gasteiger partial charge in [0, 0.05) is 5.41 Å². The molecule has 8 fully saturated rings. The highest BCUT2D eigenvalue weighted by Gasteiger charge is 2.71. The van der Waals surface area contributed by atoms with E-state index < -0.39 is 159 Å². The molecule has 0 aromatic rings. The van der Waals surface area contributed by atoms with Gasteiger partial charge in [-0.1, -0.05) is 39.3 Å². The van der Waals surface area contributed by atoms with Crippen molar-refractivity contribution in [3.05, 3.63) is 11.6 Å². The quantitative estimate of drug-likeness (QED) is 0.0483. The Morgan fingerprint density at radius 2 is 1.24 bits per heavy atom. The fourth-order valence-electron chi connectivity index (χ4n) is 15.7. The molecule has 13 N–H and O–H groups in total. The fraction of sp³-hybridized carbons (Fsp3) is 0.943. The number of aldehydes is 1. The maximum absolute atomic E-state index is 14.2. The molecule has 22 nitrogen and oxygen atoms in total. The van der Waals surface area contributed by atoms with Gasteiger partial charge in [-0.3, -0.25) is 0 Å². The number of aliphatic hydroxyl groups is 13. The minimum Gasteiger partial charge on any atom is -0.394 e. The molecule has 4 saturated heterocycles. The van der Waals surface area contributed by atoms with Crippen LogP contribution in [0.15, 0.2) is 11.6 Å². The van der Waals surface area contributed by atoms with Gasteiger partial charge in [-0.2, -0.15) is 0 Å². The molecule has 22 heteroatoms. The number of rotatable bonds is 16. The summed E-state index contributed by atoms with van der Waals surface area (Å²) in [6.07, 6.45) is -21.0. The molecule has 8 aliphatic rings. The molecule has 432 valence electrons. The van der Waals surface area contributed by atoms with Crippen LogP contribution in [0.3, 0.4) is 0 Å². The van der Waals surface area contributed by atoms with Gasteiger partial charge in [-0.05, 0) is 125 Å². The van der Waals surface area contributed by atoms with E-state index in [4.69, 9.17) is 37.9 Å². The molecule has 75 heavy (non-hydrogen) atoms. The molecule has 0 amide bonds. The summed E-state index contributed by atoms with van der Waals surface area (Å²) >= 11 is 0. The number of hydrogen-bond donors (Lipinski definition) is 13. The number of fused-ring (bicyclic) bond motifs is 5. The van der Waals surface area contributed by atoms with E-state index >= 15 is 0 Å². The lowest BCUT2D eigenvalue weighted by molar-refractivity contribution is -0.394. The van der Waals surface area contributed by atoms with Crippen molar-refractivity contribution in [1.82, 2.24) is 0 Å². The van der Waals surface area contributed by atoms with Gasteiger partial charge in [0.2, 0.25) is 0 Å². The topological polar surface area (TPSA) is 354 Å². The zero-order valence-corrected chi connectivity index (χ0v) is 44.4. The van der Waals surface area contributed by atoms with E-state index in [-0.39, 0.29) is 41.1 Å². The number of carbonyl (C=O) groups is 1. The summed E-state index contributed by atoms with van der Waals surface area (Å²) in [4.78, 5) is 14.2. The maximum atomic E-state index is 14.2. The van der Waals surface area contributed by atoms with Gasteiger partial charge in [0.15, 0.2) is 25.2 Å². The zero-order valence-electron chi connectivity index (χ0n) is 44.4. The van der Waals surface area contributed by atoms with Crippen molar-refractivity contribution in [2.45, 2.75) is 241 Å². The molecule has 0 unspecified atom stereocenters. The summed E-state index contributed by atoms with van der Waals surface area (Å²) in [5.74, 6) is -0.524. The number of aliphatic hydroxyl groups excluding tert-OH is 12. The van der Waals surface area contributed by atoms with E-state index in [0.29, 0.717) is 51.4 Å². The number of allylic oxidation sites excluding steroid dienone is 2. The fourth-order valence-corrected chi connectivity index (χ4v) is 15.7. The normalized spacial score (nSPS) is 51.7. The third-order valence-corrected chi connectivity index (χ3v) is 20.3. The lowest BCUT2D eigenvalue weighted by Gasteiger charge is -2.69. The molecule has 4 aliphatic heterocycles. The summed E-state index contributed by atoms with van der Waals surface area (Å²) in [7, 11) is 0. The number of hydrogen-bond acceptors (Lipinski definition) is 22. The molecule has 4 aliphatic carbocycles. The second-order valence-corrected chi connectivity index (χ2v) is 24.8. The SMILES string of the molecule is CC(C)=CCC[C@@](O)(CO[C@@H]1O[C@H](CO)[C@@H](O)[C@H](O)[C@H]1O)[C@H]1CC[C@]2(C)[C@@H]1CC[C@@H]1[C@@]3(C=O)CC[C@H](O[C@@H]4O[C@H](CO)[C@@H](O)[C@H](O[C@@H]5OC[C@@H](O)[C@H](O)[C@H]5O)[C@H]4O[C@@H]4O[C@@H](C)[C@H](O)[C@@H](O)[C@H]4O)C(C)(C)[C@@H]3CC[C@]12C. The van der Waals surface area contributed by atoms with Crippen molar-refractivity contribution < 1.29 is 109 Å². The van der Waals surface area contributed by atoms with Crippen LogP contribution in [0, 0.1) is 45.3 Å². The molecule has 4 heterocycles. The Hall–Kier alpha value is -1.43. The smallest absolute Gasteiger partial charge is 0.187 e. The molecular formula is C53H88O22. The minimum absolute atomic E-state index is 0.0136. The molecule has 8 rings (SSSR count). The van der Waals surface area contributed by atoms with Crippen molar-refractivity contribution in [1.29, 1.82) is 0 Å². The van der Waals surface area contributed by atoms with Gasteiger partial charge in [0.1, 0.15) is 91.7 Å². The van der Waals surface area contributed by atoms with Gasteiger partial charge < -0.3 is 109 Å². The summed E-state index contributed by atoms with van der Waals surface area (Å²) in [6, 6.07) is 0. The predicted octanol–water partition coefficient (Wildman–Crippen LogP) is -1.36.